The lowest BCUT2D eigenvalue weighted by Gasteiger charge is -2.07. The number of nitrogens with zero attached hydrogens (tertiary/aromatic N) is 4. The van der Waals surface area contributed by atoms with Crippen LogP contribution in [0.1, 0.15) is 19.8 Å². The molecule has 0 amide bonds. The van der Waals surface area contributed by atoms with Gasteiger partial charge >= 0.3 is 5.97 Å². The first-order valence-corrected chi connectivity index (χ1v) is 8.11. The lowest BCUT2D eigenvalue weighted by molar-refractivity contribution is -0.144. The number of rotatable bonds is 5. The Morgan fingerprint density at radius 1 is 1.39 bits per heavy atom. The summed E-state index contributed by atoms with van der Waals surface area (Å²) in [5.74, 6) is 0.0288. The number of nitrogen functional groups attached to an aromatic ring is 1. The fourth-order valence-electron chi connectivity index (χ4n) is 2.43. The van der Waals surface area contributed by atoms with Crippen molar-refractivity contribution in [3.05, 3.63) is 23.1 Å². The largest absolute Gasteiger partial charge is 0.464 e. The lowest BCUT2D eigenvalue weighted by Crippen LogP contribution is -2.14. The van der Waals surface area contributed by atoms with Crippen LogP contribution in [0.15, 0.2) is 23.1 Å². The van der Waals surface area contributed by atoms with E-state index < -0.39 is 0 Å². The molecule has 8 heteroatoms. The molecule has 0 aromatic carbocycles. The summed E-state index contributed by atoms with van der Waals surface area (Å²) in [5, 5.41) is 0.644. The number of carbonyl (C=O) groups is 1. The van der Waals surface area contributed by atoms with Crippen molar-refractivity contribution in [2.24, 2.45) is 0 Å². The third-order valence-corrected chi connectivity index (χ3v) is 3.97. The smallest absolute Gasteiger partial charge is 0.326 e. The Morgan fingerprint density at radius 3 is 3.00 bits per heavy atom. The first-order valence-electron chi connectivity index (χ1n) is 7.32. The molecule has 0 atom stereocenters. The van der Waals surface area contributed by atoms with Crippen molar-refractivity contribution in [2.75, 3.05) is 12.3 Å². The molecule has 3 rings (SSSR count). The van der Waals surface area contributed by atoms with Crippen LogP contribution in [0.4, 0.5) is 5.82 Å². The van der Waals surface area contributed by atoms with Crippen LogP contribution in [0.2, 0.25) is 0 Å². The first kappa shape index (κ1) is 15.7. The Hall–Kier alpha value is -2.22. The van der Waals surface area contributed by atoms with Crippen LogP contribution < -0.4 is 5.73 Å². The second kappa shape index (κ2) is 6.49. The minimum atomic E-state index is -0.308. The van der Waals surface area contributed by atoms with Crippen LogP contribution in [0.5, 0.6) is 0 Å². The minimum Gasteiger partial charge on any atom is -0.464 e. The van der Waals surface area contributed by atoms with Crippen molar-refractivity contribution < 1.29 is 9.53 Å². The molecule has 3 heterocycles. The van der Waals surface area contributed by atoms with Crippen LogP contribution in [-0.4, -0.2) is 32.1 Å². The van der Waals surface area contributed by atoms with Gasteiger partial charge in [0.15, 0.2) is 0 Å². The summed E-state index contributed by atoms with van der Waals surface area (Å²) in [5.41, 5.74) is 7.98. The van der Waals surface area contributed by atoms with Crippen LogP contribution in [-0.2, 0) is 16.1 Å². The van der Waals surface area contributed by atoms with E-state index in [1.54, 1.807) is 4.57 Å². The van der Waals surface area contributed by atoms with Crippen molar-refractivity contribution >= 4 is 49.8 Å². The SMILES string of the molecule is CCCCOC(=O)Cn1c2ccc(Br)nc2c2c(N)ncnc21. The van der Waals surface area contributed by atoms with E-state index in [-0.39, 0.29) is 12.5 Å². The summed E-state index contributed by atoms with van der Waals surface area (Å²) in [4.78, 5) is 24.8. The third-order valence-electron chi connectivity index (χ3n) is 3.53. The van der Waals surface area contributed by atoms with Gasteiger partial charge in [-0.25, -0.2) is 15.0 Å². The molecule has 0 fully saturated rings. The summed E-state index contributed by atoms with van der Waals surface area (Å²) in [6, 6.07) is 3.68. The maximum atomic E-state index is 12.1. The molecule has 0 aliphatic carbocycles. The molecule has 7 nitrogen and oxygen atoms in total. The Bertz CT molecular complexity index is 877. The number of ether oxygens (including phenoxy) is 1. The summed E-state index contributed by atoms with van der Waals surface area (Å²) >= 11 is 3.35. The summed E-state index contributed by atoms with van der Waals surface area (Å²) in [6.07, 6.45) is 3.21. The van der Waals surface area contributed by atoms with Crippen LogP contribution in [0, 0.1) is 0 Å². The molecule has 2 N–H and O–H groups in total. The fourth-order valence-corrected chi connectivity index (χ4v) is 2.74. The summed E-state index contributed by atoms with van der Waals surface area (Å²) in [7, 11) is 0. The topological polar surface area (TPSA) is 95.9 Å². The molecule has 0 aliphatic rings. The maximum absolute atomic E-state index is 12.1. The molecule has 3 aromatic rings. The van der Waals surface area contributed by atoms with Gasteiger partial charge in [0.1, 0.15) is 34.5 Å². The van der Waals surface area contributed by atoms with E-state index in [0.717, 1.165) is 18.4 Å². The fraction of sp³-hybridized carbons (Fsp3) is 0.333. The van der Waals surface area contributed by atoms with E-state index in [4.69, 9.17) is 10.5 Å². The average molecular weight is 378 g/mol. The van der Waals surface area contributed by atoms with Gasteiger partial charge < -0.3 is 15.0 Å². The van der Waals surface area contributed by atoms with Gasteiger partial charge in [0, 0.05) is 0 Å². The number of anilines is 1. The minimum absolute atomic E-state index is 0.0590. The molecule has 3 aromatic heterocycles. The third kappa shape index (κ3) is 2.98. The summed E-state index contributed by atoms with van der Waals surface area (Å²) < 4.78 is 7.68. The number of fused-ring (bicyclic) bond motifs is 3. The second-order valence-electron chi connectivity index (χ2n) is 5.12. The Morgan fingerprint density at radius 2 is 2.22 bits per heavy atom. The standard InChI is InChI=1S/C15H16BrN5O2/c1-2-3-6-23-11(22)7-21-9-4-5-10(16)20-13(9)12-14(17)18-8-19-15(12)21/h4-5,8H,2-3,6-7H2,1H3,(H2,17,18,19). The molecule has 0 spiro atoms. The van der Waals surface area contributed by atoms with E-state index in [1.165, 1.54) is 6.33 Å². The molecule has 0 saturated carbocycles. The first-order chi connectivity index (χ1) is 11.1. The average Bonchev–Trinajstić information content (AvgIpc) is 2.82. The number of halogens is 1. The van der Waals surface area contributed by atoms with Crippen molar-refractivity contribution in [2.45, 2.75) is 26.3 Å². The zero-order chi connectivity index (χ0) is 16.4. The predicted octanol–water partition coefficient (Wildman–Crippen LogP) is 2.67. The molecule has 23 heavy (non-hydrogen) atoms. The molecular weight excluding hydrogens is 362 g/mol. The van der Waals surface area contributed by atoms with Gasteiger partial charge in [0.2, 0.25) is 0 Å². The molecule has 0 aliphatic heterocycles. The number of hydrogen-bond donors (Lipinski definition) is 1. The van der Waals surface area contributed by atoms with Crippen molar-refractivity contribution in [1.82, 2.24) is 19.5 Å². The molecule has 0 bridgehead atoms. The number of nitrogens with two attached hydrogens (primary N) is 1. The number of unbranched alkanes of at least 4 members (excludes halogenated alkanes) is 1. The van der Waals surface area contributed by atoms with E-state index in [9.17, 15) is 4.79 Å². The maximum Gasteiger partial charge on any atom is 0.326 e. The zero-order valence-corrected chi connectivity index (χ0v) is 14.2. The molecular formula is C15H16BrN5O2. The molecule has 120 valence electrons. The van der Waals surface area contributed by atoms with Crippen LogP contribution in [0.25, 0.3) is 22.1 Å². The number of pyridine rings is 1. The van der Waals surface area contributed by atoms with Gasteiger partial charge in [-0.3, -0.25) is 4.79 Å². The zero-order valence-electron chi connectivity index (χ0n) is 12.6. The van der Waals surface area contributed by atoms with Gasteiger partial charge in [-0.05, 0) is 34.5 Å². The second-order valence-corrected chi connectivity index (χ2v) is 5.93. The predicted molar refractivity (Wildman–Crippen MR) is 90.8 cm³/mol. The molecule has 0 saturated heterocycles. The number of esters is 1. The Balaban J connectivity index is 2.07. The van der Waals surface area contributed by atoms with Crippen LogP contribution >= 0.6 is 15.9 Å². The van der Waals surface area contributed by atoms with Crippen molar-refractivity contribution in [1.29, 1.82) is 0 Å². The lowest BCUT2D eigenvalue weighted by atomic mass is 10.3. The normalized spacial score (nSPS) is 11.2. The Kier molecular flexibility index (Phi) is 4.42. The van der Waals surface area contributed by atoms with E-state index in [0.29, 0.717) is 33.6 Å². The highest BCUT2D eigenvalue weighted by atomic mass is 79.9. The van der Waals surface area contributed by atoms with Crippen molar-refractivity contribution in [3.63, 3.8) is 0 Å². The Labute approximate surface area is 141 Å². The monoisotopic (exact) mass is 377 g/mol. The quantitative estimate of drug-likeness (QED) is 0.417. The number of hydrogen-bond acceptors (Lipinski definition) is 6. The van der Waals surface area contributed by atoms with Gasteiger partial charge in [-0.1, -0.05) is 13.3 Å². The number of aromatic nitrogens is 4. The van der Waals surface area contributed by atoms with E-state index >= 15 is 0 Å². The molecule has 0 radical (unpaired) electrons. The highest BCUT2D eigenvalue weighted by Gasteiger charge is 2.18. The highest BCUT2D eigenvalue weighted by Crippen LogP contribution is 2.30. The van der Waals surface area contributed by atoms with Crippen LogP contribution in [0.3, 0.4) is 0 Å². The number of carbonyl (C=O) groups excluding carboxylic acids is 1. The van der Waals surface area contributed by atoms with E-state index in [1.807, 2.05) is 19.1 Å². The van der Waals surface area contributed by atoms with E-state index in [2.05, 4.69) is 30.9 Å². The van der Waals surface area contributed by atoms with Gasteiger partial charge in [-0.15, -0.1) is 0 Å². The van der Waals surface area contributed by atoms with Gasteiger partial charge in [0.25, 0.3) is 0 Å². The van der Waals surface area contributed by atoms with Gasteiger partial charge in [-0.2, -0.15) is 0 Å². The van der Waals surface area contributed by atoms with Crippen molar-refractivity contribution in [3.8, 4) is 0 Å². The molecule has 0 unspecified atom stereocenters. The van der Waals surface area contributed by atoms with Gasteiger partial charge in [0.05, 0.1) is 17.5 Å². The summed E-state index contributed by atoms with van der Waals surface area (Å²) in [6.45, 7) is 2.53. The highest BCUT2D eigenvalue weighted by molar-refractivity contribution is 9.10.